The average Bonchev–Trinajstić information content (AvgIpc) is 2.41. The minimum absolute atomic E-state index is 0.0561. The lowest BCUT2D eigenvalue weighted by atomic mass is 10.1. The maximum atomic E-state index is 13.7. The van der Waals surface area contributed by atoms with E-state index in [1.165, 1.54) is 31.4 Å². The molecular weight excluding hydrogens is 256 g/mol. The minimum Gasteiger partial charge on any atom is -0.494 e. The Morgan fingerprint density at radius 3 is 2.63 bits per heavy atom. The number of aromatic carboxylic acids is 1. The maximum absolute atomic E-state index is 13.7. The van der Waals surface area contributed by atoms with E-state index in [-0.39, 0.29) is 22.7 Å². The molecule has 0 saturated heterocycles. The molecule has 2 aromatic rings. The lowest BCUT2D eigenvalue weighted by molar-refractivity contribution is 0.0690. The number of methoxy groups -OCH3 is 1. The quantitative estimate of drug-likeness (QED) is 0.927. The van der Waals surface area contributed by atoms with Crippen molar-refractivity contribution in [3.63, 3.8) is 0 Å². The molecule has 0 spiro atoms. The fourth-order valence-corrected chi connectivity index (χ4v) is 1.61. The van der Waals surface area contributed by atoms with Gasteiger partial charge >= 0.3 is 5.97 Å². The smallest absolute Gasteiger partial charge is 0.354 e. The summed E-state index contributed by atoms with van der Waals surface area (Å²) in [6.07, 6.45) is 0. The molecule has 0 aliphatic carbocycles. The molecule has 2 rings (SSSR count). The number of benzene rings is 1. The molecule has 0 aliphatic heterocycles. The molecule has 0 aliphatic rings. The van der Waals surface area contributed by atoms with Crippen molar-refractivity contribution >= 4 is 5.97 Å². The molecule has 0 amide bonds. The van der Waals surface area contributed by atoms with Crippen LogP contribution in [0.1, 0.15) is 10.5 Å². The van der Waals surface area contributed by atoms with E-state index in [0.29, 0.717) is 0 Å². The first kappa shape index (κ1) is 12.9. The van der Waals surface area contributed by atoms with Gasteiger partial charge in [0.25, 0.3) is 0 Å². The summed E-state index contributed by atoms with van der Waals surface area (Å²) >= 11 is 0. The molecular formula is C13H9F2NO3. The lowest BCUT2D eigenvalue weighted by Crippen LogP contribution is -2.03. The van der Waals surface area contributed by atoms with Gasteiger partial charge in [0.2, 0.25) is 0 Å². The molecule has 0 unspecified atom stereocenters. The van der Waals surface area contributed by atoms with Crippen molar-refractivity contribution in [2.24, 2.45) is 0 Å². The number of carboxylic acids is 1. The Kier molecular flexibility index (Phi) is 3.41. The summed E-state index contributed by atoms with van der Waals surface area (Å²) in [5, 5.41) is 8.87. The van der Waals surface area contributed by atoms with Crippen LogP contribution in [0.15, 0.2) is 30.3 Å². The van der Waals surface area contributed by atoms with Crippen LogP contribution in [-0.2, 0) is 0 Å². The number of aromatic nitrogens is 1. The molecule has 0 saturated carbocycles. The van der Waals surface area contributed by atoms with Crippen LogP contribution in [0.25, 0.3) is 11.3 Å². The van der Waals surface area contributed by atoms with Crippen molar-refractivity contribution in [2.45, 2.75) is 0 Å². The summed E-state index contributed by atoms with van der Waals surface area (Å²) in [5.41, 5.74) is -0.487. The molecule has 6 heteroatoms. The normalized spacial score (nSPS) is 10.3. The number of ether oxygens (including phenoxy) is 1. The van der Waals surface area contributed by atoms with Crippen LogP contribution in [0.5, 0.6) is 5.75 Å². The van der Waals surface area contributed by atoms with E-state index in [1.54, 1.807) is 0 Å². The number of pyridine rings is 1. The molecule has 1 heterocycles. The molecule has 1 aromatic carbocycles. The fraction of sp³-hybridized carbons (Fsp3) is 0.0769. The third kappa shape index (κ3) is 2.37. The summed E-state index contributed by atoms with van der Waals surface area (Å²) in [6.45, 7) is 0. The Bertz CT molecular complexity index is 644. The number of hydrogen-bond acceptors (Lipinski definition) is 3. The van der Waals surface area contributed by atoms with E-state index in [0.717, 1.165) is 6.07 Å². The highest BCUT2D eigenvalue weighted by molar-refractivity contribution is 5.86. The van der Waals surface area contributed by atoms with Gasteiger partial charge in [0.1, 0.15) is 17.1 Å². The largest absolute Gasteiger partial charge is 0.494 e. The summed E-state index contributed by atoms with van der Waals surface area (Å²) in [5.74, 6) is -3.24. The second-order valence-corrected chi connectivity index (χ2v) is 3.65. The van der Waals surface area contributed by atoms with Crippen LogP contribution in [-0.4, -0.2) is 23.2 Å². The van der Waals surface area contributed by atoms with Gasteiger partial charge in [-0.25, -0.2) is 18.6 Å². The van der Waals surface area contributed by atoms with E-state index in [1.807, 2.05) is 0 Å². The van der Waals surface area contributed by atoms with Gasteiger partial charge < -0.3 is 9.84 Å². The summed E-state index contributed by atoms with van der Waals surface area (Å²) < 4.78 is 31.9. The SMILES string of the molecule is COc1ccc(C(=O)O)nc1-c1cccc(F)c1F. The van der Waals surface area contributed by atoms with Crippen LogP contribution < -0.4 is 4.74 Å². The highest BCUT2D eigenvalue weighted by Gasteiger charge is 2.17. The van der Waals surface area contributed by atoms with Crippen LogP contribution in [0.3, 0.4) is 0 Å². The van der Waals surface area contributed by atoms with Crippen molar-refractivity contribution in [2.75, 3.05) is 7.11 Å². The van der Waals surface area contributed by atoms with Gasteiger partial charge in [0, 0.05) is 5.56 Å². The van der Waals surface area contributed by atoms with Crippen LogP contribution in [0.2, 0.25) is 0 Å². The zero-order chi connectivity index (χ0) is 14.0. The molecule has 19 heavy (non-hydrogen) atoms. The molecule has 0 radical (unpaired) electrons. The Balaban J connectivity index is 2.68. The van der Waals surface area contributed by atoms with Crippen molar-refractivity contribution in [3.8, 4) is 17.0 Å². The van der Waals surface area contributed by atoms with E-state index in [9.17, 15) is 13.6 Å². The second-order valence-electron chi connectivity index (χ2n) is 3.65. The molecule has 1 aromatic heterocycles. The van der Waals surface area contributed by atoms with Gasteiger partial charge in [-0.2, -0.15) is 0 Å². The predicted molar refractivity (Wildman–Crippen MR) is 63.1 cm³/mol. The summed E-state index contributed by atoms with van der Waals surface area (Å²) in [4.78, 5) is 14.6. The molecule has 1 N–H and O–H groups in total. The van der Waals surface area contributed by atoms with Gasteiger partial charge in [-0.15, -0.1) is 0 Å². The summed E-state index contributed by atoms with van der Waals surface area (Å²) in [7, 11) is 1.33. The molecule has 0 fully saturated rings. The molecule has 0 bridgehead atoms. The van der Waals surface area contributed by atoms with Gasteiger partial charge in [0.15, 0.2) is 11.6 Å². The van der Waals surface area contributed by atoms with Crippen molar-refractivity contribution in [1.82, 2.24) is 4.98 Å². The maximum Gasteiger partial charge on any atom is 0.354 e. The first-order valence-corrected chi connectivity index (χ1v) is 5.27. The standard InChI is InChI=1S/C13H9F2NO3/c1-19-10-6-5-9(13(17)18)16-12(10)7-3-2-4-8(14)11(7)15/h2-6H,1H3,(H,17,18). The lowest BCUT2D eigenvalue weighted by Gasteiger charge is -2.09. The molecule has 0 atom stereocenters. The zero-order valence-electron chi connectivity index (χ0n) is 9.85. The average molecular weight is 265 g/mol. The Morgan fingerprint density at radius 1 is 1.26 bits per heavy atom. The Hall–Kier alpha value is -2.50. The first-order chi connectivity index (χ1) is 9.04. The number of hydrogen-bond donors (Lipinski definition) is 1. The number of nitrogens with zero attached hydrogens (tertiary/aromatic N) is 1. The number of carbonyl (C=O) groups is 1. The van der Waals surface area contributed by atoms with Crippen molar-refractivity contribution in [3.05, 3.63) is 47.7 Å². The van der Waals surface area contributed by atoms with E-state index in [4.69, 9.17) is 9.84 Å². The highest BCUT2D eigenvalue weighted by atomic mass is 19.2. The summed E-state index contributed by atoms with van der Waals surface area (Å²) in [6, 6.07) is 6.14. The second kappa shape index (κ2) is 5.01. The van der Waals surface area contributed by atoms with E-state index < -0.39 is 17.6 Å². The van der Waals surface area contributed by atoms with Crippen LogP contribution >= 0.6 is 0 Å². The molecule has 4 nitrogen and oxygen atoms in total. The van der Waals surface area contributed by atoms with Crippen LogP contribution in [0, 0.1) is 11.6 Å². The van der Waals surface area contributed by atoms with Crippen molar-refractivity contribution in [1.29, 1.82) is 0 Å². The Labute approximate surface area is 107 Å². The highest BCUT2D eigenvalue weighted by Crippen LogP contribution is 2.31. The monoisotopic (exact) mass is 265 g/mol. The van der Waals surface area contributed by atoms with Gasteiger partial charge in [-0.3, -0.25) is 0 Å². The van der Waals surface area contributed by atoms with E-state index in [2.05, 4.69) is 4.98 Å². The minimum atomic E-state index is -1.26. The number of halogens is 2. The van der Waals surface area contributed by atoms with Gasteiger partial charge in [0.05, 0.1) is 7.11 Å². The number of rotatable bonds is 3. The first-order valence-electron chi connectivity index (χ1n) is 5.27. The van der Waals surface area contributed by atoms with E-state index >= 15 is 0 Å². The van der Waals surface area contributed by atoms with Crippen LogP contribution in [0.4, 0.5) is 8.78 Å². The predicted octanol–water partition coefficient (Wildman–Crippen LogP) is 2.73. The topological polar surface area (TPSA) is 59.4 Å². The number of carboxylic acid groups (broad SMARTS) is 1. The van der Waals surface area contributed by atoms with Crippen molar-refractivity contribution < 1.29 is 23.4 Å². The van der Waals surface area contributed by atoms with Gasteiger partial charge in [-0.1, -0.05) is 6.07 Å². The fourth-order valence-electron chi connectivity index (χ4n) is 1.61. The third-order valence-corrected chi connectivity index (χ3v) is 2.50. The molecule has 98 valence electrons. The Morgan fingerprint density at radius 2 is 2.00 bits per heavy atom. The third-order valence-electron chi connectivity index (χ3n) is 2.50. The zero-order valence-corrected chi connectivity index (χ0v) is 9.85. The van der Waals surface area contributed by atoms with Gasteiger partial charge in [-0.05, 0) is 24.3 Å².